The highest BCUT2D eigenvalue weighted by Crippen LogP contribution is 2.17. The summed E-state index contributed by atoms with van der Waals surface area (Å²) in [5.41, 5.74) is 1.21. The van der Waals surface area contributed by atoms with E-state index in [0.29, 0.717) is 17.1 Å². The molecule has 1 aromatic carbocycles. The molecule has 1 unspecified atom stereocenters. The number of ether oxygens (including phenoxy) is 1. The first-order chi connectivity index (χ1) is 9.99. The number of rotatable bonds is 6. The van der Waals surface area contributed by atoms with Crippen LogP contribution in [-0.4, -0.2) is 32.9 Å². The lowest BCUT2D eigenvalue weighted by molar-refractivity contribution is -0.397. The summed E-state index contributed by atoms with van der Waals surface area (Å²) in [6, 6.07) is 6.99. The second kappa shape index (κ2) is 7.62. The quantitative estimate of drug-likeness (QED) is 0.477. The number of nitrogens with one attached hydrogen (secondary N) is 1. The number of anilines is 1. The molecule has 120 valence electrons. The van der Waals surface area contributed by atoms with Crippen LogP contribution in [-0.2, 0) is 6.54 Å². The second-order valence-corrected chi connectivity index (χ2v) is 4.48. The number of nitrogens with zero attached hydrogens (tertiary/aromatic N) is 3. The first kappa shape index (κ1) is 17.7. The van der Waals surface area contributed by atoms with E-state index in [9.17, 15) is 15.2 Å². The van der Waals surface area contributed by atoms with Gasteiger partial charge in [0.15, 0.2) is 6.23 Å². The number of aliphatic hydroxyl groups is 1. The van der Waals surface area contributed by atoms with Crippen molar-refractivity contribution in [1.29, 1.82) is 0 Å². The van der Waals surface area contributed by atoms with E-state index in [0.717, 1.165) is 0 Å². The Kier molecular flexibility index (Phi) is 6.14. The van der Waals surface area contributed by atoms with Gasteiger partial charge in [0, 0.05) is 5.69 Å². The number of nitro groups is 1. The molecule has 9 heteroatoms. The van der Waals surface area contributed by atoms with E-state index in [2.05, 4.69) is 10.3 Å². The monoisotopic (exact) mass is 328 g/mol. The number of halogens is 1. The third-order valence-corrected chi connectivity index (χ3v) is 2.83. The maximum atomic E-state index is 10.9. The van der Waals surface area contributed by atoms with Crippen LogP contribution in [0.15, 0.2) is 30.5 Å². The zero-order valence-corrected chi connectivity index (χ0v) is 12.9. The summed E-state index contributed by atoms with van der Waals surface area (Å²) in [5.74, 6) is 0.416. The Bertz CT molecular complexity index is 629. The summed E-state index contributed by atoms with van der Waals surface area (Å²) >= 11 is 0. The van der Waals surface area contributed by atoms with Gasteiger partial charge in [-0.3, -0.25) is 0 Å². The Balaban J connectivity index is 0.00000242. The van der Waals surface area contributed by atoms with Crippen molar-refractivity contribution < 1.29 is 14.8 Å². The third kappa shape index (κ3) is 4.34. The molecule has 0 aliphatic heterocycles. The summed E-state index contributed by atoms with van der Waals surface area (Å²) in [4.78, 5) is 14.1. The second-order valence-electron chi connectivity index (χ2n) is 4.48. The molecule has 0 saturated heterocycles. The van der Waals surface area contributed by atoms with Crippen LogP contribution >= 0.6 is 12.4 Å². The fourth-order valence-corrected chi connectivity index (χ4v) is 1.93. The van der Waals surface area contributed by atoms with Crippen LogP contribution in [0.2, 0.25) is 0 Å². The normalized spacial score (nSPS) is 11.4. The van der Waals surface area contributed by atoms with Gasteiger partial charge in [0.05, 0.1) is 7.11 Å². The van der Waals surface area contributed by atoms with Crippen molar-refractivity contribution in [2.24, 2.45) is 0 Å². The first-order valence-corrected chi connectivity index (χ1v) is 6.26. The lowest BCUT2D eigenvalue weighted by Crippen LogP contribution is -2.25. The molecule has 1 aromatic heterocycles. The zero-order chi connectivity index (χ0) is 15.4. The standard InChI is InChI=1S/C13H16N4O4.ClH/c1-9-7-16(13(14-9)17(19)20)8-12(18)15-10-3-5-11(21-2)6-4-10;/h3-7,12,15,18H,8H2,1-2H3;1H. The fourth-order valence-electron chi connectivity index (χ4n) is 1.93. The van der Waals surface area contributed by atoms with E-state index in [1.54, 1.807) is 38.3 Å². The van der Waals surface area contributed by atoms with Crippen molar-refractivity contribution >= 4 is 24.0 Å². The lowest BCUT2D eigenvalue weighted by Gasteiger charge is -2.13. The van der Waals surface area contributed by atoms with Crippen molar-refractivity contribution in [3.8, 4) is 5.75 Å². The molecule has 0 spiro atoms. The molecule has 0 fully saturated rings. The Morgan fingerprint density at radius 3 is 2.64 bits per heavy atom. The highest BCUT2D eigenvalue weighted by molar-refractivity contribution is 5.85. The van der Waals surface area contributed by atoms with Gasteiger partial charge in [-0.05, 0) is 36.1 Å². The molecule has 0 amide bonds. The minimum Gasteiger partial charge on any atom is -0.497 e. The predicted molar refractivity (Wildman–Crippen MR) is 83.5 cm³/mol. The van der Waals surface area contributed by atoms with Gasteiger partial charge < -0.3 is 25.3 Å². The average Bonchev–Trinajstić information content (AvgIpc) is 2.80. The lowest BCUT2D eigenvalue weighted by atomic mass is 10.3. The molecule has 1 atom stereocenters. The Hall–Kier alpha value is -2.32. The van der Waals surface area contributed by atoms with E-state index in [1.165, 1.54) is 10.8 Å². The van der Waals surface area contributed by atoms with Gasteiger partial charge in [0.25, 0.3) is 0 Å². The molecular formula is C13H17ClN4O4. The van der Waals surface area contributed by atoms with Crippen LogP contribution in [0.25, 0.3) is 0 Å². The van der Waals surface area contributed by atoms with Gasteiger partial charge in [-0.25, -0.2) is 4.57 Å². The number of imidazole rings is 1. The summed E-state index contributed by atoms with van der Waals surface area (Å²) in [5, 5.41) is 23.7. The Morgan fingerprint density at radius 1 is 1.45 bits per heavy atom. The summed E-state index contributed by atoms with van der Waals surface area (Å²) in [6.45, 7) is 1.68. The van der Waals surface area contributed by atoms with E-state index in [1.807, 2.05) is 0 Å². The minimum atomic E-state index is -0.981. The Labute approximate surface area is 133 Å². The Morgan fingerprint density at radius 2 is 2.09 bits per heavy atom. The number of benzene rings is 1. The molecular weight excluding hydrogens is 312 g/mol. The molecule has 22 heavy (non-hydrogen) atoms. The number of aromatic nitrogens is 2. The zero-order valence-electron chi connectivity index (χ0n) is 12.1. The SMILES string of the molecule is COc1ccc(NC(O)Cn2cc(C)nc2[N+](=O)[O-])cc1.Cl. The average molecular weight is 329 g/mol. The van der Waals surface area contributed by atoms with Gasteiger partial charge in [-0.15, -0.1) is 12.4 Å². The molecule has 0 bridgehead atoms. The van der Waals surface area contributed by atoms with Crippen molar-refractivity contribution in [2.75, 3.05) is 12.4 Å². The van der Waals surface area contributed by atoms with Gasteiger partial charge in [0.2, 0.25) is 0 Å². The molecule has 0 radical (unpaired) electrons. The first-order valence-electron chi connectivity index (χ1n) is 6.26. The van der Waals surface area contributed by atoms with E-state index in [-0.39, 0.29) is 24.9 Å². The van der Waals surface area contributed by atoms with Crippen LogP contribution in [0.5, 0.6) is 5.75 Å². The van der Waals surface area contributed by atoms with Crippen molar-refractivity contribution in [3.05, 3.63) is 46.3 Å². The summed E-state index contributed by atoms with van der Waals surface area (Å²) in [7, 11) is 1.57. The van der Waals surface area contributed by atoms with Crippen LogP contribution in [0.3, 0.4) is 0 Å². The smallest absolute Gasteiger partial charge is 0.434 e. The van der Waals surface area contributed by atoms with Crippen molar-refractivity contribution in [1.82, 2.24) is 9.55 Å². The van der Waals surface area contributed by atoms with E-state index >= 15 is 0 Å². The maximum Gasteiger partial charge on any atom is 0.434 e. The van der Waals surface area contributed by atoms with Crippen molar-refractivity contribution in [2.45, 2.75) is 19.7 Å². The largest absolute Gasteiger partial charge is 0.497 e. The highest BCUT2D eigenvalue weighted by atomic mass is 35.5. The highest BCUT2D eigenvalue weighted by Gasteiger charge is 2.19. The number of methoxy groups -OCH3 is 1. The van der Waals surface area contributed by atoms with Gasteiger partial charge in [-0.2, -0.15) is 0 Å². The number of hydrogen-bond donors (Lipinski definition) is 2. The van der Waals surface area contributed by atoms with Crippen LogP contribution < -0.4 is 10.1 Å². The minimum absolute atomic E-state index is 0. The van der Waals surface area contributed by atoms with Gasteiger partial charge >= 0.3 is 5.95 Å². The maximum absolute atomic E-state index is 10.9. The molecule has 2 N–H and O–H groups in total. The topological polar surface area (TPSA) is 102 Å². The molecule has 0 aliphatic rings. The van der Waals surface area contributed by atoms with Crippen LogP contribution in [0, 0.1) is 17.0 Å². The number of aryl methyl sites for hydroxylation is 1. The molecule has 1 heterocycles. The third-order valence-electron chi connectivity index (χ3n) is 2.83. The molecule has 0 aliphatic carbocycles. The predicted octanol–water partition coefficient (Wildman–Crippen LogP) is 1.96. The van der Waals surface area contributed by atoms with Gasteiger partial charge in [0.1, 0.15) is 24.2 Å². The molecule has 2 aromatic rings. The number of hydrogen-bond acceptors (Lipinski definition) is 6. The molecule has 2 rings (SSSR count). The summed E-state index contributed by atoms with van der Waals surface area (Å²) in [6.07, 6.45) is 0.544. The van der Waals surface area contributed by atoms with Crippen LogP contribution in [0.4, 0.5) is 11.6 Å². The van der Waals surface area contributed by atoms with Gasteiger partial charge in [-0.1, -0.05) is 4.98 Å². The van der Waals surface area contributed by atoms with Crippen LogP contribution in [0.1, 0.15) is 5.69 Å². The fraction of sp³-hybridized carbons (Fsp3) is 0.308. The van der Waals surface area contributed by atoms with E-state index < -0.39 is 11.2 Å². The molecule has 0 saturated carbocycles. The van der Waals surface area contributed by atoms with Crippen molar-refractivity contribution in [3.63, 3.8) is 0 Å². The summed E-state index contributed by atoms with van der Waals surface area (Å²) < 4.78 is 6.34. The number of aliphatic hydroxyl groups excluding tert-OH is 1. The van der Waals surface area contributed by atoms with E-state index in [4.69, 9.17) is 4.74 Å². The molecule has 8 nitrogen and oxygen atoms in total.